The summed E-state index contributed by atoms with van der Waals surface area (Å²) >= 11 is 0. The lowest BCUT2D eigenvalue weighted by Crippen LogP contribution is -2.13. The van der Waals surface area contributed by atoms with Crippen LogP contribution in [0.4, 0.5) is 60.5 Å². The molecule has 2 heterocycles. The number of alkyl halides is 6. The minimum Gasteiger partial charge on any atom is -0.454 e. The average Bonchev–Trinajstić information content (AvgIpc) is 3.93. The quantitative estimate of drug-likeness (QED) is 0.112. The first kappa shape index (κ1) is 43.3. The summed E-state index contributed by atoms with van der Waals surface area (Å²) in [7, 11) is 0. The van der Waals surface area contributed by atoms with Crippen LogP contribution in [0.2, 0.25) is 0 Å². The number of fused-ring (bicyclic) bond motifs is 6. The first-order valence-electron chi connectivity index (χ1n) is 23.2. The maximum Gasteiger partial charge on any atom is 0.416 e. The van der Waals surface area contributed by atoms with Gasteiger partial charge in [0.05, 0.1) is 33.9 Å². The summed E-state index contributed by atoms with van der Waals surface area (Å²) in [5, 5.41) is 8.93. The maximum absolute atomic E-state index is 14.1. The van der Waals surface area contributed by atoms with Gasteiger partial charge in [0.1, 0.15) is 11.2 Å². The third kappa shape index (κ3) is 6.75. The Bertz CT molecular complexity index is 3730. The Balaban J connectivity index is 1.12. The topological polar surface area (TPSA) is 32.8 Å². The van der Waals surface area contributed by atoms with Crippen LogP contribution in [0.5, 0.6) is 0 Å². The number of rotatable bonds is 8. The lowest BCUT2D eigenvalue weighted by molar-refractivity contribution is -0.138. The number of furan rings is 2. The third-order valence-electron chi connectivity index (χ3n) is 13.8. The molecule has 2 aromatic heterocycles. The molecule has 0 atom stereocenters. The first-order chi connectivity index (χ1) is 33.7. The lowest BCUT2D eigenvalue weighted by atomic mass is 9.91. The molecule has 0 radical (unpaired) electrons. The van der Waals surface area contributed by atoms with Gasteiger partial charge in [0, 0.05) is 43.7 Å². The molecule has 0 aliphatic heterocycles. The highest BCUT2D eigenvalue weighted by molar-refractivity contribution is 6.29. The average molecular weight is 937 g/mol. The molecular formula is C60H42F6N2O2. The van der Waals surface area contributed by atoms with Gasteiger partial charge in [-0.1, -0.05) is 125 Å². The molecule has 70 heavy (non-hydrogen) atoms. The molecule has 346 valence electrons. The molecule has 0 bridgehead atoms. The van der Waals surface area contributed by atoms with E-state index in [-0.39, 0.29) is 11.8 Å². The number of halogens is 6. The number of para-hydroxylation sites is 4. The van der Waals surface area contributed by atoms with Gasteiger partial charge in [-0.15, -0.1) is 0 Å². The number of anilines is 6. The number of benzene rings is 10. The van der Waals surface area contributed by atoms with Crippen molar-refractivity contribution in [3.05, 3.63) is 192 Å². The lowest BCUT2D eigenvalue weighted by Gasteiger charge is -2.29. The van der Waals surface area contributed by atoms with Gasteiger partial charge < -0.3 is 18.6 Å². The van der Waals surface area contributed by atoms with Crippen molar-refractivity contribution in [3.8, 4) is 0 Å². The molecule has 10 heteroatoms. The molecule has 10 aromatic carbocycles. The van der Waals surface area contributed by atoms with Crippen LogP contribution in [0.15, 0.2) is 179 Å². The summed E-state index contributed by atoms with van der Waals surface area (Å²) < 4.78 is 98.2. The minimum absolute atomic E-state index is 0.167. The normalized spacial score (nSPS) is 12.7. The monoisotopic (exact) mass is 936 g/mol. The van der Waals surface area contributed by atoms with Crippen LogP contribution in [-0.4, -0.2) is 0 Å². The molecule has 0 spiro atoms. The van der Waals surface area contributed by atoms with Gasteiger partial charge in [0.2, 0.25) is 0 Å². The Kier molecular flexibility index (Phi) is 9.76. The van der Waals surface area contributed by atoms with Crippen LogP contribution in [0.1, 0.15) is 61.8 Å². The van der Waals surface area contributed by atoms with Crippen molar-refractivity contribution in [3.63, 3.8) is 0 Å². The fourth-order valence-electron chi connectivity index (χ4n) is 10.5. The van der Waals surface area contributed by atoms with E-state index in [4.69, 9.17) is 8.83 Å². The second-order valence-electron chi connectivity index (χ2n) is 18.6. The van der Waals surface area contributed by atoms with Crippen LogP contribution < -0.4 is 9.80 Å². The SMILES string of the molecule is CC(C)c1cccc2c1oc1c(N(c3ccc(C(F)(F)F)cc3)c3ccc4ccc5c(N(c6ccc(C(F)(F)F)cc6)c6cccc7c6oc6c(C(C)C)cccc67)ccc6ccc3c4c65)cccc12. The Morgan fingerprint density at radius 1 is 0.343 bits per heavy atom. The molecule has 0 amide bonds. The molecule has 12 rings (SSSR count). The Labute approximate surface area is 397 Å². The van der Waals surface area contributed by atoms with Crippen molar-refractivity contribution >= 4 is 110 Å². The van der Waals surface area contributed by atoms with E-state index in [9.17, 15) is 26.3 Å². The summed E-state index contributed by atoms with van der Waals surface area (Å²) in [5.41, 5.74) is 6.94. The van der Waals surface area contributed by atoms with Gasteiger partial charge in [0.25, 0.3) is 0 Å². The van der Waals surface area contributed by atoms with Gasteiger partial charge in [0.15, 0.2) is 11.2 Å². The zero-order chi connectivity index (χ0) is 48.4. The molecule has 0 N–H and O–H groups in total. The molecular weight excluding hydrogens is 895 g/mol. The number of nitrogens with zero attached hydrogens (tertiary/aromatic N) is 2. The van der Waals surface area contributed by atoms with Gasteiger partial charge in [-0.05, 0) is 117 Å². The standard InChI is InChI=1S/C60H42F6N2O2/c1-33(2)41-9-5-11-43-45-13-7-15-51(57(45)69-55(41)43)67(39-25-21-37(22-26-39)59(61,62)63)49-31-19-35-18-30-48-50(32-20-36-17-29-47(49)53(35)54(36)48)68(40-27-23-38(24-28-40)60(64,65)66)52-16-8-14-46-44-12-6-10-42(34(3)4)56(44)70-58(46)52/h5-34H,1-4H3. The molecule has 0 unspecified atom stereocenters. The van der Waals surface area contributed by atoms with E-state index in [1.54, 1.807) is 0 Å². The number of hydrogen-bond acceptors (Lipinski definition) is 4. The predicted octanol–water partition coefficient (Wildman–Crippen LogP) is 19.6. The van der Waals surface area contributed by atoms with Crippen LogP contribution in [0.3, 0.4) is 0 Å². The second kappa shape index (κ2) is 15.8. The largest absolute Gasteiger partial charge is 0.454 e. The fraction of sp³-hybridized carbons (Fsp3) is 0.133. The van der Waals surface area contributed by atoms with E-state index >= 15 is 0 Å². The summed E-state index contributed by atoms with van der Waals surface area (Å²) in [6.45, 7) is 8.44. The first-order valence-corrected chi connectivity index (χ1v) is 23.2. The van der Waals surface area contributed by atoms with Crippen LogP contribution in [-0.2, 0) is 12.4 Å². The van der Waals surface area contributed by atoms with Crippen molar-refractivity contribution in [2.24, 2.45) is 0 Å². The summed E-state index contributed by atoms with van der Waals surface area (Å²) in [6.07, 6.45) is -9.08. The van der Waals surface area contributed by atoms with Crippen LogP contribution >= 0.6 is 0 Å². The molecule has 4 nitrogen and oxygen atoms in total. The molecule has 0 aliphatic rings. The Morgan fingerprint density at radius 3 is 1.04 bits per heavy atom. The zero-order valence-corrected chi connectivity index (χ0v) is 38.3. The number of hydrogen-bond donors (Lipinski definition) is 0. The van der Waals surface area contributed by atoms with E-state index in [1.807, 2.05) is 119 Å². The maximum atomic E-state index is 14.1. The molecule has 0 saturated heterocycles. The highest BCUT2D eigenvalue weighted by atomic mass is 19.4. The van der Waals surface area contributed by atoms with E-state index in [0.717, 1.165) is 100 Å². The van der Waals surface area contributed by atoms with Gasteiger partial charge >= 0.3 is 12.4 Å². The van der Waals surface area contributed by atoms with Gasteiger partial charge in [-0.2, -0.15) is 26.3 Å². The molecule has 0 aliphatic carbocycles. The van der Waals surface area contributed by atoms with E-state index < -0.39 is 23.5 Å². The smallest absolute Gasteiger partial charge is 0.416 e. The summed E-state index contributed by atoms with van der Waals surface area (Å²) in [4.78, 5) is 3.93. The van der Waals surface area contributed by atoms with E-state index in [0.29, 0.717) is 45.3 Å². The van der Waals surface area contributed by atoms with Crippen LogP contribution in [0.25, 0.3) is 76.2 Å². The Hall–Kier alpha value is -7.98. The zero-order valence-electron chi connectivity index (χ0n) is 38.3. The molecule has 0 saturated carbocycles. The second-order valence-corrected chi connectivity index (χ2v) is 18.6. The summed E-state index contributed by atoms with van der Waals surface area (Å²) in [6, 6.07) is 50.5. The Morgan fingerprint density at radius 2 is 0.686 bits per heavy atom. The highest BCUT2D eigenvalue weighted by Crippen LogP contribution is 2.51. The van der Waals surface area contributed by atoms with Crippen LogP contribution in [0, 0.1) is 0 Å². The van der Waals surface area contributed by atoms with Crippen molar-refractivity contribution < 1.29 is 35.2 Å². The highest BCUT2D eigenvalue weighted by Gasteiger charge is 2.33. The van der Waals surface area contributed by atoms with Gasteiger partial charge in [-0.25, -0.2) is 0 Å². The van der Waals surface area contributed by atoms with E-state index in [2.05, 4.69) is 39.8 Å². The van der Waals surface area contributed by atoms with Crippen molar-refractivity contribution in [1.29, 1.82) is 0 Å². The predicted molar refractivity (Wildman–Crippen MR) is 272 cm³/mol. The van der Waals surface area contributed by atoms with E-state index in [1.165, 1.54) is 24.3 Å². The minimum atomic E-state index is -4.54. The third-order valence-corrected chi connectivity index (χ3v) is 13.8. The van der Waals surface area contributed by atoms with Crippen molar-refractivity contribution in [2.75, 3.05) is 9.80 Å². The van der Waals surface area contributed by atoms with Gasteiger partial charge in [-0.3, -0.25) is 0 Å². The van der Waals surface area contributed by atoms with Crippen molar-refractivity contribution in [1.82, 2.24) is 0 Å². The molecule has 12 aromatic rings. The summed E-state index contributed by atoms with van der Waals surface area (Å²) in [5.74, 6) is 0.335. The van der Waals surface area contributed by atoms with Crippen molar-refractivity contribution in [2.45, 2.75) is 51.9 Å². The fourth-order valence-corrected chi connectivity index (χ4v) is 10.5. The molecule has 0 fully saturated rings.